The summed E-state index contributed by atoms with van der Waals surface area (Å²) >= 11 is 0. The van der Waals surface area contributed by atoms with Crippen molar-refractivity contribution in [3.63, 3.8) is 0 Å². The molecule has 0 aliphatic carbocycles. The highest BCUT2D eigenvalue weighted by atomic mass is 16.2. The molecular formula is C10H17NO3. The molecule has 0 aromatic carbocycles. The van der Waals surface area contributed by atoms with Crippen molar-refractivity contribution in [2.24, 2.45) is 0 Å². The van der Waals surface area contributed by atoms with Gasteiger partial charge in [-0.1, -0.05) is 0 Å². The van der Waals surface area contributed by atoms with Gasteiger partial charge in [0.25, 0.3) is 0 Å². The van der Waals surface area contributed by atoms with Crippen LogP contribution in [0, 0.1) is 0 Å². The van der Waals surface area contributed by atoms with Crippen LogP contribution in [0.1, 0.15) is 20.8 Å². The second-order valence-electron chi connectivity index (χ2n) is 1.89. The SMILES string of the molecule is C=C.C=C.CC(=O)N(C(C)=O)C(C)=O. The average Bonchev–Trinajstić information content (AvgIpc) is 2.09. The van der Waals surface area contributed by atoms with Crippen molar-refractivity contribution in [1.29, 1.82) is 0 Å². The monoisotopic (exact) mass is 199 g/mol. The summed E-state index contributed by atoms with van der Waals surface area (Å²) in [6.45, 7) is 15.5. The molecule has 0 radical (unpaired) electrons. The Hall–Kier alpha value is -1.71. The third-order valence-corrected chi connectivity index (χ3v) is 0.945. The van der Waals surface area contributed by atoms with Crippen LogP contribution in [0.3, 0.4) is 0 Å². The Bertz CT molecular complexity index is 176. The predicted octanol–water partition coefficient (Wildman–Crippen LogP) is 1.53. The van der Waals surface area contributed by atoms with Gasteiger partial charge >= 0.3 is 0 Å². The summed E-state index contributed by atoms with van der Waals surface area (Å²) in [6.07, 6.45) is 0. The Morgan fingerprint density at radius 2 is 0.857 bits per heavy atom. The lowest BCUT2D eigenvalue weighted by atomic mass is 10.4. The number of hydrogen-bond acceptors (Lipinski definition) is 3. The molecule has 0 saturated carbocycles. The third-order valence-electron chi connectivity index (χ3n) is 0.945. The van der Waals surface area contributed by atoms with E-state index >= 15 is 0 Å². The molecule has 0 heterocycles. The van der Waals surface area contributed by atoms with E-state index in [1.165, 1.54) is 20.8 Å². The molecule has 0 rings (SSSR count). The largest absolute Gasteiger partial charge is 0.274 e. The molecule has 0 saturated heterocycles. The van der Waals surface area contributed by atoms with Gasteiger partial charge in [0.2, 0.25) is 17.7 Å². The summed E-state index contributed by atoms with van der Waals surface area (Å²) in [5, 5.41) is 0. The van der Waals surface area contributed by atoms with E-state index in [-0.39, 0.29) is 0 Å². The zero-order valence-corrected chi connectivity index (χ0v) is 9.00. The molecule has 0 aromatic heterocycles. The molecular weight excluding hydrogens is 182 g/mol. The van der Waals surface area contributed by atoms with Crippen LogP contribution in [0.25, 0.3) is 0 Å². The molecule has 0 aromatic rings. The second-order valence-corrected chi connectivity index (χ2v) is 1.89. The van der Waals surface area contributed by atoms with Crippen LogP contribution in [0.15, 0.2) is 26.3 Å². The lowest BCUT2D eigenvalue weighted by Gasteiger charge is -2.10. The Morgan fingerprint density at radius 1 is 0.714 bits per heavy atom. The molecule has 4 nitrogen and oxygen atoms in total. The lowest BCUT2D eigenvalue weighted by Crippen LogP contribution is -2.37. The van der Waals surface area contributed by atoms with E-state index < -0.39 is 17.7 Å². The fourth-order valence-corrected chi connectivity index (χ4v) is 0.665. The summed E-state index contributed by atoms with van der Waals surface area (Å²) in [5.74, 6) is -1.62. The van der Waals surface area contributed by atoms with Crippen molar-refractivity contribution in [2.45, 2.75) is 20.8 Å². The molecule has 0 spiro atoms. The van der Waals surface area contributed by atoms with Crippen LogP contribution in [0.4, 0.5) is 0 Å². The lowest BCUT2D eigenvalue weighted by molar-refractivity contribution is -0.150. The van der Waals surface area contributed by atoms with Crippen molar-refractivity contribution in [1.82, 2.24) is 4.90 Å². The molecule has 3 amide bonds. The number of carbonyl (C=O) groups is 3. The minimum absolute atomic E-state index is 0.542. The Balaban J connectivity index is -0.000000266. The first-order chi connectivity index (χ1) is 6.46. The van der Waals surface area contributed by atoms with E-state index in [9.17, 15) is 14.4 Å². The highest BCUT2D eigenvalue weighted by Gasteiger charge is 2.17. The smallest absolute Gasteiger partial charge is 0.232 e. The van der Waals surface area contributed by atoms with Gasteiger partial charge in [0.05, 0.1) is 0 Å². The van der Waals surface area contributed by atoms with Crippen LogP contribution < -0.4 is 0 Å². The third kappa shape index (κ3) is 8.39. The predicted molar refractivity (Wildman–Crippen MR) is 56.4 cm³/mol. The van der Waals surface area contributed by atoms with Crippen molar-refractivity contribution in [2.75, 3.05) is 0 Å². The Morgan fingerprint density at radius 3 is 0.857 bits per heavy atom. The maximum absolute atomic E-state index is 10.5. The standard InChI is InChI=1S/C6H9NO3.2C2H4/c1-4(8)7(5(2)9)6(3)10;2*1-2/h1-3H3;2*1-2H2. The zero-order chi connectivity index (χ0) is 12.3. The van der Waals surface area contributed by atoms with Gasteiger partial charge < -0.3 is 0 Å². The molecule has 0 fully saturated rings. The topological polar surface area (TPSA) is 54.5 Å². The quantitative estimate of drug-likeness (QED) is 0.556. The fraction of sp³-hybridized carbons (Fsp3) is 0.300. The minimum Gasteiger partial charge on any atom is -0.274 e. The molecule has 0 aliphatic heterocycles. The molecule has 0 unspecified atom stereocenters. The van der Waals surface area contributed by atoms with Crippen LogP contribution >= 0.6 is 0 Å². The summed E-state index contributed by atoms with van der Waals surface area (Å²) in [4.78, 5) is 32.1. The first-order valence-corrected chi connectivity index (χ1v) is 3.78. The zero-order valence-electron chi connectivity index (χ0n) is 9.00. The van der Waals surface area contributed by atoms with Gasteiger partial charge in [-0.25, -0.2) is 4.90 Å². The molecule has 0 aliphatic rings. The van der Waals surface area contributed by atoms with E-state index in [0.29, 0.717) is 4.90 Å². The number of rotatable bonds is 0. The normalized spacial score (nSPS) is 6.79. The van der Waals surface area contributed by atoms with Gasteiger partial charge in [0, 0.05) is 20.8 Å². The molecule has 0 bridgehead atoms. The fourth-order valence-electron chi connectivity index (χ4n) is 0.665. The Kier molecular flexibility index (Phi) is 14.6. The maximum Gasteiger partial charge on any atom is 0.232 e. The van der Waals surface area contributed by atoms with Crippen LogP contribution in [-0.2, 0) is 14.4 Å². The summed E-state index contributed by atoms with van der Waals surface area (Å²) < 4.78 is 0. The highest BCUT2D eigenvalue weighted by Crippen LogP contribution is 1.90. The summed E-state index contributed by atoms with van der Waals surface area (Å²) in [6, 6.07) is 0. The first-order valence-electron chi connectivity index (χ1n) is 3.78. The van der Waals surface area contributed by atoms with Gasteiger partial charge in [-0.2, -0.15) is 0 Å². The molecule has 0 atom stereocenters. The van der Waals surface area contributed by atoms with Crippen molar-refractivity contribution < 1.29 is 14.4 Å². The van der Waals surface area contributed by atoms with E-state index in [4.69, 9.17) is 0 Å². The number of imide groups is 3. The number of nitrogens with zero attached hydrogens (tertiary/aromatic N) is 1. The van der Waals surface area contributed by atoms with E-state index in [2.05, 4.69) is 26.3 Å². The maximum atomic E-state index is 10.5. The van der Waals surface area contributed by atoms with Crippen LogP contribution in [-0.4, -0.2) is 22.6 Å². The molecule has 14 heavy (non-hydrogen) atoms. The van der Waals surface area contributed by atoms with Crippen molar-refractivity contribution in [3.8, 4) is 0 Å². The van der Waals surface area contributed by atoms with Gasteiger partial charge in [-0.05, 0) is 0 Å². The van der Waals surface area contributed by atoms with Gasteiger partial charge in [-0.15, -0.1) is 26.3 Å². The molecule has 80 valence electrons. The summed E-state index contributed by atoms with van der Waals surface area (Å²) in [5.41, 5.74) is 0. The Labute approximate surface area is 84.9 Å². The number of carbonyl (C=O) groups excluding carboxylic acids is 3. The number of amides is 3. The molecule has 0 N–H and O–H groups in total. The average molecular weight is 199 g/mol. The first kappa shape index (κ1) is 18.2. The van der Waals surface area contributed by atoms with Crippen molar-refractivity contribution >= 4 is 17.7 Å². The summed E-state index contributed by atoms with van der Waals surface area (Å²) in [7, 11) is 0. The minimum atomic E-state index is -0.542. The number of hydrogen-bond donors (Lipinski definition) is 0. The van der Waals surface area contributed by atoms with Crippen LogP contribution in [0.2, 0.25) is 0 Å². The van der Waals surface area contributed by atoms with Crippen LogP contribution in [0.5, 0.6) is 0 Å². The van der Waals surface area contributed by atoms with Gasteiger partial charge in [0.15, 0.2) is 0 Å². The van der Waals surface area contributed by atoms with E-state index in [0.717, 1.165) is 0 Å². The van der Waals surface area contributed by atoms with E-state index in [1.54, 1.807) is 0 Å². The van der Waals surface area contributed by atoms with Gasteiger partial charge in [-0.3, -0.25) is 14.4 Å². The van der Waals surface area contributed by atoms with Gasteiger partial charge in [0.1, 0.15) is 0 Å². The van der Waals surface area contributed by atoms with E-state index in [1.807, 2.05) is 0 Å². The van der Waals surface area contributed by atoms with Crippen molar-refractivity contribution in [3.05, 3.63) is 26.3 Å². The molecule has 4 heteroatoms. The highest BCUT2D eigenvalue weighted by molar-refractivity contribution is 6.08. The second kappa shape index (κ2) is 11.3.